The molecule has 1 N–H and O–H groups in total. The number of hydrogen-bond acceptors (Lipinski definition) is 5. The Labute approximate surface area is 111 Å². The first kappa shape index (κ1) is 14.9. The molecular formula is C12H18N2O3S. The third kappa shape index (κ3) is 3.97. The molecule has 0 radical (unpaired) electrons. The number of methoxy groups -OCH3 is 1. The van der Waals surface area contributed by atoms with Crippen LogP contribution in [0.2, 0.25) is 0 Å². The maximum Gasteiger partial charge on any atom is 0.256 e. The number of aliphatic hydroxyl groups excluding tert-OH is 1. The normalized spacial score (nSPS) is 10.4. The zero-order valence-electron chi connectivity index (χ0n) is 10.6. The molecule has 0 aliphatic carbocycles. The van der Waals surface area contributed by atoms with Crippen LogP contribution < -0.4 is 0 Å². The minimum Gasteiger partial charge on any atom is -0.395 e. The van der Waals surface area contributed by atoms with Crippen LogP contribution in [0, 0.1) is 0 Å². The van der Waals surface area contributed by atoms with Crippen LogP contribution in [0.25, 0.3) is 0 Å². The van der Waals surface area contributed by atoms with Crippen LogP contribution in [0.15, 0.2) is 23.4 Å². The van der Waals surface area contributed by atoms with E-state index in [1.807, 2.05) is 6.26 Å². The number of carbonyl (C=O) groups excluding carboxylic acids is 1. The van der Waals surface area contributed by atoms with Crippen molar-refractivity contribution in [1.29, 1.82) is 0 Å². The first-order valence-electron chi connectivity index (χ1n) is 5.62. The number of ether oxygens (including phenoxy) is 1. The number of amides is 1. The molecule has 0 fully saturated rings. The Hall–Kier alpha value is -1.11. The van der Waals surface area contributed by atoms with Gasteiger partial charge in [-0.05, 0) is 18.4 Å². The van der Waals surface area contributed by atoms with Gasteiger partial charge in [0, 0.05) is 26.4 Å². The fourth-order valence-electron chi connectivity index (χ4n) is 1.52. The van der Waals surface area contributed by atoms with Gasteiger partial charge in [-0.25, -0.2) is 4.98 Å². The van der Waals surface area contributed by atoms with E-state index in [0.29, 0.717) is 30.3 Å². The number of hydrogen-bond donors (Lipinski definition) is 1. The zero-order chi connectivity index (χ0) is 13.4. The van der Waals surface area contributed by atoms with Gasteiger partial charge in [-0.3, -0.25) is 4.79 Å². The molecule has 1 amide bonds. The van der Waals surface area contributed by atoms with Gasteiger partial charge in [0.15, 0.2) is 0 Å². The minimum absolute atomic E-state index is 0.0652. The van der Waals surface area contributed by atoms with Crippen molar-refractivity contribution in [2.24, 2.45) is 0 Å². The topological polar surface area (TPSA) is 62.7 Å². The van der Waals surface area contributed by atoms with Crippen molar-refractivity contribution in [3.63, 3.8) is 0 Å². The molecule has 0 aliphatic heterocycles. The molecule has 0 bridgehead atoms. The molecule has 1 aromatic heterocycles. The number of pyridine rings is 1. The first-order valence-corrected chi connectivity index (χ1v) is 6.85. The van der Waals surface area contributed by atoms with Crippen molar-refractivity contribution in [1.82, 2.24) is 9.88 Å². The standard InChI is InChI=1S/C12H18N2O3S/c1-17-9-7-14(6-8-15)12(16)10-4-3-5-13-11(10)18-2/h3-5,15H,6-9H2,1-2H3. The summed E-state index contributed by atoms with van der Waals surface area (Å²) in [6.45, 7) is 1.13. The monoisotopic (exact) mass is 270 g/mol. The molecule has 5 nitrogen and oxygen atoms in total. The molecule has 0 saturated heterocycles. The number of carbonyl (C=O) groups is 1. The van der Waals surface area contributed by atoms with Gasteiger partial charge in [0.25, 0.3) is 5.91 Å². The van der Waals surface area contributed by atoms with E-state index in [4.69, 9.17) is 9.84 Å². The van der Waals surface area contributed by atoms with Gasteiger partial charge >= 0.3 is 0 Å². The van der Waals surface area contributed by atoms with Crippen molar-refractivity contribution in [3.8, 4) is 0 Å². The second-order valence-corrected chi connectivity index (χ2v) is 4.36. The molecule has 1 heterocycles. The van der Waals surface area contributed by atoms with Crippen LogP contribution in [-0.2, 0) is 4.74 Å². The van der Waals surface area contributed by atoms with Gasteiger partial charge in [-0.2, -0.15) is 0 Å². The summed E-state index contributed by atoms with van der Waals surface area (Å²) in [5.74, 6) is -0.126. The maximum absolute atomic E-state index is 12.3. The van der Waals surface area contributed by atoms with E-state index < -0.39 is 0 Å². The van der Waals surface area contributed by atoms with Gasteiger partial charge in [-0.1, -0.05) is 0 Å². The van der Waals surface area contributed by atoms with Gasteiger partial charge in [0.1, 0.15) is 5.03 Å². The molecule has 100 valence electrons. The molecule has 0 saturated carbocycles. The molecule has 1 aromatic rings. The van der Waals surface area contributed by atoms with Crippen LogP contribution in [0.4, 0.5) is 0 Å². The number of rotatable bonds is 7. The van der Waals surface area contributed by atoms with Crippen molar-refractivity contribution in [3.05, 3.63) is 23.9 Å². The van der Waals surface area contributed by atoms with Crippen LogP contribution in [0.5, 0.6) is 0 Å². The van der Waals surface area contributed by atoms with Crippen molar-refractivity contribution in [2.45, 2.75) is 5.03 Å². The summed E-state index contributed by atoms with van der Waals surface area (Å²) in [6, 6.07) is 3.48. The SMILES string of the molecule is COCCN(CCO)C(=O)c1cccnc1SC. The van der Waals surface area contributed by atoms with E-state index >= 15 is 0 Å². The highest BCUT2D eigenvalue weighted by molar-refractivity contribution is 7.98. The lowest BCUT2D eigenvalue weighted by molar-refractivity contribution is 0.0652. The quantitative estimate of drug-likeness (QED) is 0.745. The maximum atomic E-state index is 12.3. The van der Waals surface area contributed by atoms with E-state index in [2.05, 4.69) is 4.98 Å². The predicted octanol–water partition coefficient (Wildman–Crippen LogP) is 0.884. The Morgan fingerprint density at radius 2 is 2.33 bits per heavy atom. The molecule has 0 atom stereocenters. The van der Waals surface area contributed by atoms with Crippen molar-refractivity contribution in [2.75, 3.05) is 39.7 Å². The summed E-state index contributed by atoms with van der Waals surface area (Å²) in [5.41, 5.74) is 0.564. The second-order valence-electron chi connectivity index (χ2n) is 3.57. The molecular weight excluding hydrogens is 252 g/mol. The van der Waals surface area contributed by atoms with Gasteiger partial charge < -0.3 is 14.7 Å². The fraction of sp³-hybridized carbons (Fsp3) is 0.500. The van der Waals surface area contributed by atoms with E-state index in [0.717, 1.165) is 0 Å². The van der Waals surface area contributed by atoms with Gasteiger partial charge in [0.05, 0.1) is 18.8 Å². The summed E-state index contributed by atoms with van der Waals surface area (Å²) < 4.78 is 4.96. The number of aliphatic hydroxyl groups is 1. The first-order chi connectivity index (χ1) is 8.74. The summed E-state index contributed by atoms with van der Waals surface area (Å²) in [7, 11) is 1.58. The lowest BCUT2D eigenvalue weighted by Gasteiger charge is -2.22. The van der Waals surface area contributed by atoms with Crippen molar-refractivity contribution >= 4 is 17.7 Å². The Bertz CT molecular complexity index is 387. The van der Waals surface area contributed by atoms with E-state index in [-0.39, 0.29) is 12.5 Å². The van der Waals surface area contributed by atoms with Crippen LogP contribution >= 0.6 is 11.8 Å². The molecule has 1 rings (SSSR count). The van der Waals surface area contributed by atoms with Crippen LogP contribution in [-0.4, -0.2) is 60.6 Å². The third-order valence-corrected chi connectivity index (χ3v) is 3.13. The van der Waals surface area contributed by atoms with E-state index in [1.54, 1.807) is 30.3 Å². The molecule has 18 heavy (non-hydrogen) atoms. The molecule has 0 spiro atoms. The summed E-state index contributed by atoms with van der Waals surface area (Å²) >= 11 is 1.43. The second kappa shape index (κ2) is 8.07. The third-order valence-electron chi connectivity index (χ3n) is 2.42. The van der Waals surface area contributed by atoms with Crippen molar-refractivity contribution < 1.29 is 14.6 Å². The number of nitrogens with zero attached hydrogens (tertiary/aromatic N) is 2. The highest BCUT2D eigenvalue weighted by Crippen LogP contribution is 2.18. The summed E-state index contributed by atoms with van der Waals surface area (Å²) in [5, 5.41) is 9.70. The van der Waals surface area contributed by atoms with Gasteiger partial charge in [-0.15, -0.1) is 11.8 Å². The Morgan fingerprint density at radius 1 is 1.56 bits per heavy atom. The van der Waals surface area contributed by atoms with E-state index in [1.165, 1.54) is 11.8 Å². The zero-order valence-corrected chi connectivity index (χ0v) is 11.4. The molecule has 0 unspecified atom stereocenters. The lowest BCUT2D eigenvalue weighted by atomic mass is 10.2. The van der Waals surface area contributed by atoms with Gasteiger partial charge in [0.2, 0.25) is 0 Å². The average Bonchev–Trinajstić information content (AvgIpc) is 2.42. The van der Waals surface area contributed by atoms with Crippen LogP contribution in [0.3, 0.4) is 0 Å². The lowest BCUT2D eigenvalue weighted by Crippen LogP contribution is -2.36. The molecule has 0 aromatic carbocycles. The average molecular weight is 270 g/mol. The molecule has 6 heteroatoms. The summed E-state index contributed by atoms with van der Waals surface area (Å²) in [4.78, 5) is 18.1. The van der Waals surface area contributed by atoms with Crippen LogP contribution in [0.1, 0.15) is 10.4 Å². The highest BCUT2D eigenvalue weighted by Gasteiger charge is 2.18. The smallest absolute Gasteiger partial charge is 0.256 e. The fourth-order valence-corrected chi connectivity index (χ4v) is 2.07. The number of aromatic nitrogens is 1. The highest BCUT2D eigenvalue weighted by atomic mass is 32.2. The minimum atomic E-state index is -0.126. The Kier molecular flexibility index (Phi) is 6.70. The summed E-state index contributed by atoms with van der Waals surface area (Å²) in [6.07, 6.45) is 3.54. The largest absolute Gasteiger partial charge is 0.395 e. The number of thioether (sulfide) groups is 1. The Morgan fingerprint density at radius 3 is 2.94 bits per heavy atom. The Balaban J connectivity index is 2.86. The predicted molar refractivity (Wildman–Crippen MR) is 70.9 cm³/mol. The molecule has 0 aliphatic rings. The van der Waals surface area contributed by atoms with E-state index in [9.17, 15) is 4.79 Å².